The lowest BCUT2D eigenvalue weighted by atomic mass is 9.94. The highest BCUT2D eigenvalue weighted by atomic mass is 35.5. The van der Waals surface area contributed by atoms with Gasteiger partial charge in [0.05, 0.1) is 11.1 Å². The van der Waals surface area contributed by atoms with Crippen LogP contribution in [0.25, 0.3) is 22.0 Å². The van der Waals surface area contributed by atoms with Crippen LogP contribution in [0.15, 0.2) is 53.3 Å². The molecule has 3 nitrogen and oxygen atoms in total. The molecule has 0 unspecified atom stereocenters. The summed E-state index contributed by atoms with van der Waals surface area (Å²) >= 11 is 6.21. The maximum Gasteiger partial charge on any atom is 0.262 e. The first-order valence-corrected chi connectivity index (χ1v) is 8.23. The molecule has 0 bridgehead atoms. The fourth-order valence-corrected chi connectivity index (χ4v) is 3.31. The number of ketones is 1. The normalized spacial score (nSPS) is 11.2. The van der Waals surface area contributed by atoms with Gasteiger partial charge in [-0.05, 0) is 44.5 Å². The van der Waals surface area contributed by atoms with Gasteiger partial charge >= 0.3 is 0 Å². The Hall–Kier alpha value is -2.39. The number of hydrogen-bond acceptors (Lipinski definition) is 2. The maximum absolute atomic E-state index is 13.1. The molecule has 0 N–H and O–H groups in total. The van der Waals surface area contributed by atoms with Crippen molar-refractivity contribution in [2.75, 3.05) is 0 Å². The second-order valence-electron chi connectivity index (χ2n) is 6.10. The maximum atomic E-state index is 13.1. The van der Waals surface area contributed by atoms with E-state index in [1.807, 2.05) is 56.3 Å². The van der Waals surface area contributed by atoms with Gasteiger partial charge in [0.1, 0.15) is 0 Å². The van der Waals surface area contributed by atoms with E-state index in [-0.39, 0.29) is 22.9 Å². The highest BCUT2D eigenvalue weighted by Crippen LogP contribution is 2.33. The Labute approximate surface area is 145 Å². The van der Waals surface area contributed by atoms with Gasteiger partial charge in [-0.15, -0.1) is 0 Å². The second kappa shape index (κ2) is 6.25. The zero-order valence-corrected chi connectivity index (χ0v) is 14.6. The number of nitrogens with zero attached hydrogens (tertiary/aromatic N) is 1. The summed E-state index contributed by atoms with van der Waals surface area (Å²) in [6, 6.07) is 14.9. The van der Waals surface area contributed by atoms with Crippen LogP contribution < -0.4 is 5.56 Å². The predicted octanol–water partition coefficient (Wildman–Crippen LogP) is 5.11. The first-order valence-electron chi connectivity index (χ1n) is 7.86. The van der Waals surface area contributed by atoms with Crippen molar-refractivity contribution in [3.8, 4) is 11.1 Å². The number of fused-ring (bicyclic) bond motifs is 1. The number of carbonyl (C=O) groups excluding carboxylic acids is 1. The van der Waals surface area contributed by atoms with Gasteiger partial charge in [-0.2, -0.15) is 0 Å². The van der Waals surface area contributed by atoms with Crippen molar-refractivity contribution in [2.24, 2.45) is 0 Å². The lowest BCUT2D eigenvalue weighted by Crippen LogP contribution is -2.28. The van der Waals surface area contributed by atoms with Crippen LogP contribution in [0, 0.1) is 0 Å². The molecule has 2 aromatic carbocycles. The monoisotopic (exact) mass is 339 g/mol. The largest absolute Gasteiger partial charge is 0.305 e. The number of benzene rings is 2. The van der Waals surface area contributed by atoms with Gasteiger partial charge in [-0.3, -0.25) is 9.59 Å². The van der Waals surface area contributed by atoms with Gasteiger partial charge in [0.2, 0.25) is 0 Å². The Morgan fingerprint density at radius 3 is 2.33 bits per heavy atom. The number of rotatable bonds is 3. The minimum Gasteiger partial charge on any atom is -0.305 e. The molecule has 0 spiro atoms. The van der Waals surface area contributed by atoms with Crippen molar-refractivity contribution in [2.45, 2.75) is 26.8 Å². The molecule has 0 aliphatic carbocycles. The van der Waals surface area contributed by atoms with Crippen molar-refractivity contribution in [3.05, 3.63) is 69.5 Å². The van der Waals surface area contributed by atoms with Gasteiger partial charge in [0.15, 0.2) is 5.78 Å². The summed E-state index contributed by atoms with van der Waals surface area (Å²) in [4.78, 5) is 25.4. The molecule has 24 heavy (non-hydrogen) atoms. The molecule has 0 radical (unpaired) electrons. The third-order valence-electron chi connectivity index (χ3n) is 4.10. The molecule has 4 heteroatoms. The van der Waals surface area contributed by atoms with Gasteiger partial charge in [0.25, 0.3) is 5.56 Å². The molecule has 0 atom stereocenters. The van der Waals surface area contributed by atoms with E-state index in [4.69, 9.17) is 11.6 Å². The Kier molecular flexibility index (Phi) is 4.29. The van der Waals surface area contributed by atoms with Crippen LogP contribution >= 0.6 is 11.6 Å². The van der Waals surface area contributed by atoms with Gasteiger partial charge < -0.3 is 4.57 Å². The Morgan fingerprint density at radius 1 is 1.08 bits per heavy atom. The Morgan fingerprint density at radius 2 is 1.75 bits per heavy atom. The SMILES string of the molecule is CC(=O)c1c(-c2ccccc2)c2cc(Cl)ccc2n(C(C)C)c1=O. The lowest BCUT2D eigenvalue weighted by Gasteiger charge is -2.19. The molecule has 0 saturated carbocycles. The summed E-state index contributed by atoms with van der Waals surface area (Å²) in [6.45, 7) is 5.30. The summed E-state index contributed by atoms with van der Waals surface area (Å²) in [5.74, 6) is -0.241. The molecule has 122 valence electrons. The highest BCUT2D eigenvalue weighted by molar-refractivity contribution is 6.31. The predicted molar refractivity (Wildman–Crippen MR) is 99.0 cm³/mol. The summed E-state index contributed by atoms with van der Waals surface area (Å²) in [5.41, 5.74) is 2.23. The van der Waals surface area contributed by atoms with Crippen molar-refractivity contribution in [3.63, 3.8) is 0 Å². The van der Waals surface area contributed by atoms with E-state index in [2.05, 4.69) is 0 Å². The fraction of sp³-hybridized carbons (Fsp3) is 0.200. The van der Waals surface area contributed by atoms with E-state index < -0.39 is 0 Å². The molecule has 0 aliphatic heterocycles. The van der Waals surface area contributed by atoms with E-state index >= 15 is 0 Å². The lowest BCUT2D eigenvalue weighted by molar-refractivity contribution is 0.101. The number of halogens is 1. The van der Waals surface area contributed by atoms with Crippen LogP contribution in [-0.4, -0.2) is 10.4 Å². The average molecular weight is 340 g/mol. The second-order valence-corrected chi connectivity index (χ2v) is 6.54. The van der Waals surface area contributed by atoms with Crippen LogP contribution in [0.3, 0.4) is 0 Å². The third-order valence-corrected chi connectivity index (χ3v) is 4.34. The first kappa shape index (κ1) is 16.5. The topological polar surface area (TPSA) is 39.1 Å². The first-order chi connectivity index (χ1) is 11.4. The molecule has 3 rings (SSSR count). The minimum atomic E-state index is -0.258. The molecular weight excluding hydrogens is 322 g/mol. The van der Waals surface area contributed by atoms with E-state index in [0.29, 0.717) is 10.6 Å². The molecule has 3 aromatic rings. The molecular formula is C20H18ClNO2. The van der Waals surface area contributed by atoms with E-state index in [0.717, 1.165) is 16.5 Å². The molecule has 0 saturated heterocycles. The number of aromatic nitrogens is 1. The van der Waals surface area contributed by atoms with E-state index in [1.165, 1.54) is 6.92 Å². The molecule has 0 fully saturated rings. The van der Waals surface area contributed by atoms with Crippen molar-refractivity contribution in [1.82, 2.24) is 4.57 Å². The summed E-state index contributed by atoms with van der Waals surface area (Å²) in [5, 5.41) is 1.38. The zero-order chi connectivity index (χ0) is 17.4. The minimum absolute atomic E-state index is 0.0656. The zero-order valence-electron chi connectivity index (χ0n) is 13.8. The third kappa shape index (κ3) is 2.65. The summed E-state index contributed by atoms with van der Waals surface area (Å²) in [7, 11) is 0. The fourth-order valence-electron chi connectivity index (χ4n) is 3.13. The highest BCUT2D eigenvalue weighted by Gasteiger charge is 2.22. The number of pyridine rings is 1. The Bertz CT molecular complexity index is 988. The van der Waals surface area contributed by atoms with Gasteiger partial charge in [-0.25, -0.2) is 0 Å². The van der Waals surface area contributed by atoms with Crippen molar-refractivity contribution < 1.29 is 4.79 Å². The van der Waals surface area contributed by atoms with Gasteiger partial charge in [-0.1, -0.05) is 41.9 Å². The molecule has 0 aliphatic rings. The smallest absolute Gasteiger partial charge is 0.262 e. The van der Waals surface area contributed by atoms with Crippen LogP contribution in [0.2, 0.25) is 5.02 Å². The quantitative estimate of drug-likeness (QED) is 0.622. The number of hydrogen-bond donors (Lipinski definition) is 0. The number of carbonyl (C=O) groups is 1. The van der Waals surface area contributed by atoms with E-state index in [9.17, 15) is 9.59 Å². The van der Waals surface area contributed by atoms with Gasteiger partial charge in [0, 0.05) is 22.0 Å². The van der Waals surface area contributed by atoms with Crippen LogP contribution in [0.1, 0.15) is 37.2 Å². The van der Waals surface area contributed by atoms with Crippen molar-refractivity contribution in [1.29, 1.82) is 0 Å². The van der Waals surface area contributed by atoms with Crippen LogP contribution in [0.4, 0.5) is 0 Å². The van der Waals surface area contributed by atoms with Crippen molar-refractivity contribution >= 4 is 28.3 Å². The summed E-state index contributed by atoms with van der Waals surface area (Å²) in [6.07, 6.45) is 0. The van der Waals surface area contributed by atoms with Crippen LogP contribution in [0.5, 0.6) is 0 Å². The molecule has 0 amide bonds. The standard InChI is InChI=1S/C20H18ClNO2/c1-12(2)22-17-10-9-15(21)11-16(17)19(14-7-5-4-6-8-14)18(13(3)23)20(22)24/h4-12H,1-3H3. The van der Waals surface area contributed by atoms with E-state index in [1.54, 1.807) is 10.6 Å². The van der Waals surface area contributed by atoms with Crippen LogP contribution in [-0.2, 0) is 0 Å². The molecule has 1 heterocycles. The molecule has 1 aromatic heterocycles. The average Bonchev–Trinajstić information content (AvgIpc) is 2.54. The summed E-state index contributed by atoms with van der Waals surface area (Å²) < 4.78 is 1.66. The number of Topliss-reactive ketones (excluding diaryl/α,β-unsaturated/α-hetero) is 1. The Balaban J connectivity index is 2.61.